The highest BCUT2D eigenvalue weighted by atomic mass is 35.5. The Morgan fingerprint density at radius 3 is 2.63 bits per heavy atom. The van der Waals surface area contributed by atoms with E-state index in [0.717, 1.165) is 15.8 Å². The molecule has 0 saturated heterocycles. The third-order valence-corrected chi connectivity index (χ3v) is 4.56. The Bertz CT molecular complexity index is 536. The molecular formula is C14H14Cl2FNS. The van der Waals surface area contributed by atoms with E-state index in [-0.39, 0.29) is 11.9 Å². The number of likely N-dealkylation sites (N-methyl/N-ethyl adjacent to an activating group) is 1. The first kappa shape index (κ1) is 14.8. The summed E-state index contributed by atoms with van der Waals surface area (Å²) in [6.07, 6.45) is 0.510. The van der Waals surface area contributed by atoms with Crippen molar-refractivity contribution >= 4 is 34.5 Å². The molecule has 1 aromatic heterocycles. The number of thiophene rings is 1. The molecule has 1 atom stereocenters. The van der Waals surface area contributed by atoms with Crippen molar-refractivity contribution in [3.63, 3.8) is 0 Å². The zero-order valence-corrected chi connectivity index (χ0v) is 12.7. The number of benzene rings is 1. The molecule has 0 aliphatic rings. The molecule has 0 aliphatic carbocycles. The lowest BCUT2D eigenvalue weighted by Gasteiger charge is -2.17. The van der Waals surface area contributed by atoms with E-state index >= 15 is 0 Å². The lowest BCUT2D eigenvalue weighted by atomic mass is 10.0. The third-order valence-electron chi connectivity index (χ3n) is 2.86. The number of nitrogens with one attached hydrogen (secondary N) is 1. The first-order valence-electron chi connectivity index (χ1n) is 6.03. The molecule has 1 N–H and O–H groups in total. The lowest BCUT2D eigenvalue weighted by molar-refractivity contribution is 0.534. The Morgan fingerprint density at radius 2 is 2.05 bits per heavy atom. The van der Waals surface area contributed by atoms with E-state index in [0.29, 0.717) is 17.0 Å². The summed E-state index contributed by atoms with van der Waals surface area (Å²) >= 11 is 13.5. The Hall–Kier alpha value is -0.610. The predicted octanol–water partition coefficient (Wildman–Crippen LogP) is 5.09. The summed E-state index contributed by atoms with van der Waals surface area (Å²) in [6, 6.07) is 8.61. The zero-order chi connectivity index (χ0) is 13.8. The zero-order valence-electron chi connectivity index (χ0n) is 10.4. The van der Waals surface area contributed by atoms with Crippen molar-refractivity contribution in [3.8, 4) is 0 Å². The van der Waals surface area contributed by atoms with Crippen LogP contribution in [0.3, 0.4) is 0 Å². The summed E-state index contributed by atoms with van der Waals surface area (Å²) in [6.45, 7) is 2.82. The maximum atomic E-state index is 13.8. The first-order chi connectivity index (χ1) is 9.11. The van der Waals surface area contributed by atoms with Gasteiger partial charge in [0.1, 0.15) is 5.82 Å². The Kier molecular flexibility index (Phi) is 5.22. The smallest absolute Gasteiger partial charge is 0.127 e. The van der Waals surface area contributed by atoms with Gasteiger partial charge in [-0.1, -0.05) is 36.2 Å². The summed E-state index contributed by atoms with van der Waals surface area (Å²) in [4.78, 5) is 1.09. The number of halogens is 3. The van der Waals surface area contributed by atoms with Crippen molar-refractivity contribution in [2.75, 3.05) is 6.54 Å². The molecule has 0 saturated carbocycles. The predicted molar refractivity (Wildman–Crippen MR) is 80.9 cm³/mol. The van der Waals surface area contributed by atoms with E-state index < -0.39 is 0 Å². The average molecular weight is 318 g/mol. The molecule has 0 bridgehead atoms. The van der Waals surface area contributed by atoms with Crippen LogP contribution in [0.2, 0.25) is 9.36 Å². The maximum Gasteiger partial charge on any atom is 0.127 e. The fourth-order valence-electron chi connectivity index (χ4n) is 1.97. The quantitative estimate of drug-likeness (QED) is 0.810. The normalized spacial score (nSPS) is 12.6. The lowest BCUT2D eigenvalue weighted by Crippen LogP contribution is -2.22. The van der Waals surface area contributed by atoms with Gasteiger partial charge < -0.3 is 5.32 Å². The van der Waals surface area contributed by atoms with E-state index in [1.54, 1.807) is 12.1 Å². The SMILES string of the molecule is CCNC(Cc1c(F)cccc1Cl)c1ccc(Cl)s1. The van der Waals surface area contributed by atoms with Crippen molar-refractivity contribution in [3.05, 3.63) is 55.9 Å². The fourth-order valence-corrected chi connectivity index (χ4v) is 3.34. The topological polar surface area (TPSA) is 12.0 Å². The van der Waals surface area contributed by atoms with Crippen LogP contribution in [0.1, 0.15) is 23.4 Å². The average Bonchev–Trinajstić information content (AvgIpc) is 2.79. The van der Waals surface area contributed by atoms with E-state index in [1.165, 1.54) is 17.4 Å². The highest BCUT2D eigenvalue weighted by Gasteiger charge is 2.17. The molecule has 1 heterocycles. The van der Waals surface area contributed by atoms with Crippen LogP contribution in [-0.2, 0) is 6.42 Å². The second kappa shape index (κ2) is 6.71. The summed E-state index contributed by atoms with van der Waals surface area (Å²) in [5.41, 5.74) is 0.541. The molecule has 2 rings (SSSR count). The number of rotatable bonds is 5. The number of hydrogen-bond acceptors (Lipinski definition) is 2. The van der Waals surface area contributed by atoms with Crippen molar-refractivity contribution in [2.24, 2.45) is 0 Å². The third kappa shape index (κ3) is 3.69. The van der Waals surface area contributed by atoms with Gasteiger partial charge in [0.25, 0.3) is 0 Å². The molecule has 19 heavy (non-hydrogen) atoms. The Balaban J connectivity index is 2.26. The Labute approximate surface area is 126 Å². The molecule has 0 amide bonds. The van der Waals surface area contributed by atoms with Gasteiger partial charge in [-0.15, -0.1) is 11.3 Å². The molecular weight excluding hydrogens is 304 g/mol. The molecule has 2 aromatic rings. The van der Waals surface area contributed by atoms with Crippen LogP contribution in [0.4, 0.5) is 4.39 Å². The minimum atomic E-state index is -0.266. The van der Waals surface area contributed by atoms with Crippen molar-refractivity contribution in [1.82, 2.24) is 5.32 Å². The maximum absolute atomic E-state index is 13.8. The molecule has 5 heteroatoms. The molecule has 0 spiro atoms. The van der Waals surface area contributed by atoms with Crippen LogP contribution in [0.15, 0.2) is 30.3 Å². The van der Waals surface area contributed by atoms with Gasteiger partial charge in [-0.2, -0.15) is 0 Å². The van der Waals surface area contributed by atoms with Crippen LogP contribution >= 0.6 is 34.5 Å². The molecule has 1 aromatic carbocycles. The van der Waals surface area contributed by atoms with E-state index in [9.17, 15) is 4.39 Å². The van der Waals surface area contributed by atoms with Crippen molar-refractivity contribution in [1.29, 1.82) is 0 Å². The highest BCUT2D eigenvalue weighted by Crippen LogP contribution is 2.31. The van der Waals surface area contributed by atoms with E-state index in [4.69, 9.17) is 23.2 Å². The molecule has 0 aliphatic heterocycles. The van der Waals surface area contributed by atoms with Crippen LogP contribution in [0.25, 0.3) is 0 Å². The van der Waals surface area contributed by atoms with Gasteiger partial charge in [-0.05, 0) is 37.2 Å². The molecule has 102 valence electrons. The minimum Gasteiger partial charge on any atom is -0.309 e. The van der Waals surface area contributed by atoms with Gasteiger partial charge in [0.15, 0.2) is 0 Å². The van der Waals surface area contributed by atoms with Gasteiger partial charge >= 0.3 is 0 Å². The summed E-state index contributed by atoms with van der Waals surface area (Å²) in [5.74, 6) is -0.266. The largest absolute Gasteiger partial charge is 0.309 e. The van der Waals surface area contributed by atoms with Crippen LogP contribution in [0.5, 0.6) is 0 Å². The van der Waals surface area contributed by atoms with Gasteiger partial charge in [0.2, 0.25) is 0 Å². The van der Waals surface area contributed by atoms with Crippen molar-refractivity contribution in [2.45, 2.75) is 19.4 Å². The Morgan fingerprint density at radius 1 is 1.26 bits per heavy atom. The summed E-state index contributed by atoms with van der Waals surface area (Å²) in [5, 5.41) is 3.81. The summed E-state index contributed by atoms with van der Waals surface area (Å²) < 4.78 is 14.6. The van der Waals surface area contributed by atoms with Crippen molar-refractivity contribution < 1.29 is 4.39 Å². The van der Waals surface area contributed by atoms with Crippen LogP contribution in [-0.4, -0.2) is 6.54 Å². The first-order valence-corrected chi connectivity index (χ1v) is 7.60. The minimum absolute atomic E-state index is 0.0249. The van der Waals surface area contributed by atoms with E-state index in [1.807, 2.05) is 19.1 Å². The molecule has 0 radical (unpaired) electrons. The van der Waals surface area contributed by atoms with E-state index in [2.05, 4.69) is 5.32 Å². The van der Waals surface area contributed by atoms with Gasteiger partial charge in [0, 0.05) is 21.5 Å². The second-order valence-electron chi connectivity index (χ2n) is 4.16. The fraction of sp³-hybridized carbons (Fsp3) is 0.286. The van der Waals surface area contributed by atoms with Gasteiger partial charge in [-0.25, -0.2) is 4.39 Å². The van der Waals surface area contributed by atoms with Crippen LogP contribution < -0.4 is 5.32 Å². The second-order valence-corrected chi connectivity index (χ2v) is 6.31. The molecule has 1 unspecified atom stereocenters. The standard InChI is InChI=1S/C14H14Cl2FNS/c1-2-18-12(13-6-7-14(16)19-13)8-9-10(15)4-3-5-11(9)17/h3-7,12,18H,2,8H2,1H3. The summed E-state index contributed by atoms with van der Waals surface area (Å²) in [7, 11) is 0. The highest BCUT2D eigenvalue weighted by molar-refractivity contribution is 7.16. The molecule has 0 fully saturated rings. The van der Waals surface area contributed by atoms with Crippen LogP contribution in [0, 0.1) is 5.82 Å². The van der Waals surface area contributed by atoms with Gasteiger partial charge in [0.05, 0.1) is 4.34 Å². The monoisotopic (exact) mass is 317 g/mol. The number of hydrogen-bond donors (Lipinski definition) is 1. The molecule has 1 nitrogen and oxygen atoms in total. The van der Waals surface area contributed by atoms with Gasteiger partial charge in [-0.3, -0.25) is 0 Å².